The number of thiazole rings is 1. The van der Waals surface area contributed by atoms with E-state index in [-0.39, 0.29) is 18.3 Å². The molecule has 0 aliphatic rings. The lowest BCUT2D eigenvalue weighted by atomic mass is 10.3. The van der Waals surface area contributed by atoms with Gasteiger partial charge in [0, 0.05) is 23.3 Å². The number of halogens is 2. The molecule has 19 heavy (non-hydrogen) atoms. The zero-order chi connectivity index (χ0) is 13.0. The maximum atomic E-state index is 11.8. The average Bonchev–Trinajstić information content (AvgIpc) is 2.98. The van der Waals surface area contributed by atoms with Gasteiger partial charge in [0.1, 0.15) is 10.7 Å². The summed E-state index contributed by atoms with van der Waals surface area (Å²) in [5.41, 5.74) is 5.91. The van der Waals surface area contributed by atoms with Crippen LogP contribution in [0, 0.1) is 0 Å². The minimum atomic E-state index is -0.137. The molecule has 8 heteroatoms. The van der Waals surface area contributed by atoms with Crippen molar-refractivity contribution in [2.24, 2.45) is 5.73 Å². The van der Waals surface area contributed by atoms with Crippen LogP contribution in [0.4, 0.5) is 0 Å². The summed E-state index contributed by atoms with van der Waals surface area (Å²) >= 11 is 6.50. The molecule has 0 bridgehead atoms. The van der Waals surface area contributed by atoms with Crippen molar-refractivity contribution in [3.8, 4) is 0 Å². The number of carbonyl (C=O) groups is 1. The topological polar surface area (TPSA) is 68.0 Å². The van der Waals surface area contributed by atoms with E-state index in [4.69, 9.17) is 5.73 Å². The smallest absolute Gasteiger partial charge is 0.270 e. The van der Waals surface area contributed by atoms with Crippen molar-refractivity contribution < 1.29 is 4.79 Å². The summed E-state index contributed by atoms with van der Waals surface area (Å²) in [6, 6.07) is 4.06. The third-order valence-corrected chi connectivity index (χ3v) is 4.80. The van der Waals surface area contributed by atoms with Gasteiger partial charge in [0.2, 0.25) is 0 Å². The average molecular weight is 383 g/mol. The van der Waals surface area contributed by atoms with E-state index in [0.717, 1.165) is 15.2 Å². The first-order chi connectivity index (χ1) is 8.69. The van der Waals surface area contributed by atoms with Gasteiger partial charge >= 0.3 is 0 Å². The molecular weight excluding hydrogens is 370 g/mol. The maximum Gasteiger partial charge on any atom is 0.270 e. The van der Waals surface area contributed by atoms with Crippen LogP contribution in [0.15, 0.2) is 21.3 Å². The Morgan fingerprint density at radius 1 is 1.47 bits per heavy atom. The van der Waals surface area contributed by atoms with Crippen LogP contribution in [-0.2, 0) is 13.0 Å². The van der Waals surface area contributed by atoms with Gasteiger partial charge in [0.15, 0.2) is 0 Å². The molecule has 0 unspecified atom stereocenters. The Balaban J connectivity index is 0.00000180. The number of nitrogens with zero attached hydrogens (tertiary/aromatic N) is 1. The highest BCUT2D eigenvalue weighted by molar-refractivity contribution is 9.11. The minimum absolute atomic E-state index is 0. The van der Waals surface area contributed by atoms with Crippen molar-refractivity contribution in [1.82, 2.24) is 10.3 Å². The summed E-state index contributed by atoms with van der Waals surface area (Å²) in [4.78, 5) is 17.1. The first-order valence-electron chi connectivity index (χ1n) is 5.36. The van der Waals surface area contributed by atoms with Gasteiger partial charge in [-0.3, -0.25) is 4.79 Å². The van der Waals surface area contributed by atoms with Crippen LogP contribution in [0.1, 0.15) is 20.4 Å². The molecule has 0 spiro atoms. The Labute approximate surface area is 134 Å². The van der Waals surface area contributed by atoms with Crippen LogP contribution < -0.4 is 11.1 Å². The second-order valence-electron chi connectivity index (χ2n) is 3.54. The molecule has 2 aromatic heterocycles. The van der Waals surface area contributed by atoms with E-state index in [2.05, 4.69) is 32.3 Å². The quantitative estimate of drug-likeness (QED) is 0.835. The lowest BCUT2D eigenvalue weighted by Crippen LogP contribution is -2.25. The van der Waals surface area contributed by atoms with Crippen LogP contribution in [-0.4, -0.2) is 17.4 Å². The predicted molar refractivity (Wildman–Crippen MR) is 85.3 cm³/mol. The van der Waals surface area contributed by atoms with Crippen LogP contribution in [0.2, 0.25) is 0 Å². The van der Waals surface area contributed by atoms with Crippen molar-refractivity contribution >= 4 is 56.9 Å². The van der Waals surface area contributed by atoms with Crippen molar-refractivity contribution in [2.45, 2.75) is 13.0 Å². The fraction of sp³-hybridized carbons (Fsp3) is 0.273. The number of hydrogen-bond donors (Lipinski definition) is 2. The first kappa shape index (κ1) is 16.6. The molecule has 0 aliphatic heterocycles. The highest BCUT2D eigenvalue weighted by atomic mass is 79.9. The number of amides is 1. The predicted octanol–water partition coefficient (Wildman–Crippen LogP) is 2.82. The molecule has 1 amide bonds. The molecular formula is C11H13BrClN3OS2. The van der Waals surface area contributed by atoms with Crippen LogP contribution in [0.5, 0.6) is 0 Å². The van der Waals surface area contributed by atoms with Gasteiger partial charge in [-0.2, -0.15) is 0 Å². The first-order valence-corrected chi connectivity index (χ1v) is 7.85. The molecule has 0 saturated carbocycles. The van der Waals surface area contributed by atoms with Crippen molar-refractivity contribution in [2.75, 3.05) is 6.54 Å². The van der Waals surface area contributed by atoms with Gasteiger partial charge in [0.25, 0.3) is 5.91 Å². The number of nitrogens with one attached hydrogen (secondary N) is 1. The normalized spacial score (nSPS) is 10.0. The zero-order valence-corrected chi connectivity index (χ0v) is 13.9. The van der Waals surface area contributed by atoms with Crippen LogP contribution >= 0.6 is 51.0 Å². The molecule has 2 rings (SSSR count). The molecule has 3 N–H and O–H groups in total. The molecule has 0 aromatic carbocycles. The van der Waals surface area contributed by atoms with E-state index >= 15 is 0 Å². The summed E-state index contributed by atoms with van der Waals surface area (Å²) < 4.78 is 1.11. The molecule has 0 fully saturated rings. The second-order valence-corrected chi connectivity index (χ2v) is 7.03. The van der Waals surface area contributed by atoms with Crippen LogP contribution in [0.3, 0.4) is 0 Å². The van der Waals surface area contributed by atoms with Gasteiger partial charge in [-0.1, -0.05) is 0 Å². The fourth-order valence-corrected chi connectivity index (χ4v) is 3.52. The summed E-state index contributed by atoms with van der Waals surface area (Å²) in [6.07, 6.45) is 0.829. The summed E-state index contributed by atoms with van der Waals surface area (Å²) in [5, 5.41) is 5.37. The Morgan fingerprint density at radius 3 is 2.84 bits per heavy atom. The largest absolute Gasteiger partial charge is 0.350 e. The van der Waals surface area contributed by atoms with Crippen molar-refractivity contribution in [1.29, 1.82) is 0 Å². The summed E-state index contributed by atoms with van der Waals surface area (Å²) in [6.45, 7) is 0.989. The van der Waals surface area contributed by atoms with E-state index in [1.165, 1.54) is 16.2 Å². The highest BCUT2D eigenvalue weighted by Crippen LogP contribution is 2.22. The Morgan fingerprint density at radius 2 is 2.26 bits per heavy atom. The molecule has 4 nitrogen and oxygen atoms in total. The van der Waals surface area contributed by atoms with E-state index in [1.807, 2.05) is 6.07 Å². The van der Waals surface area contributed by atoms with Crippen LogP contribution in [0.25, 0.3) is 0 Å². The minimum Gasteiger partial charge on any atom is -0.350 e. The Bertz CT molecular complexity index is 544. The van der Waals surface area contributed by atoms with Gasteiger partial charge in [-0.15, -0.1) is 35.1 Å². The van der Waals surface area contributed by atoms with E-state index in [0.29, 0.717) is 18.8 Å². The Kier molecular flexibility index (Phi) is 6.95. The van der Waals surface area contributed by atoms with Gasteiger partial charge in [-0.05, 0) is 34.5 Å². The monoisotopic (exact) mass is 381 g/mol. The maximum absolute atomic E-state index is 11.8. The summed E-state index contributed by atoms with van der Waals surface area (Å²) in [7, 11) is 0. The van der Waals surface area contributed by atoms with E-state index in [9.17, 15) is 4.79 Å². The molecule has 2 heterocycles. The molecule has 0 atom stereocenters. The number of carbonyl (C=O) groups excluding carboxylic acids is 1. The fourth-order valence-electron chi connectivity index (χ4n) is 1.38. The number of nitrogens with two attached hydrogens (primary N) is 1. The SMILES string of the molecule is Cl.NCc1nc(C(=O)NCCc2ccc(Br)s2)cs1. The Hall–Kier alpha value is -0.470. The molecule has 0 saturated heterocycles. The van der Waals surface area contributed by atoms with Crippen molar-refractivity contribution in [3.05, 3.63) is 36.9 Å². The van der Waals surface area contributed by atoms with Gasteiger partial charge in [-0.25, -0.2) is 4.98 Å². The van der Waals surface area contributed by atoms with Gasteiger partial charge < -0.3 is 11.1 Å². The molecule has 104 valence electrons. The second kappa shape index (κ2) is 7.96. The van der Waals surface area contributed by atoms with Crippen molar-refractivity contribution in [3.63, 3.8) is 0 Å². The number of hydrogen-bond acceptors (Lipinski definition) is 5. The lowest BCUT2D eigenvalue weighted by molar-refractivity contribution is 0.0950. The number of aromatic nitrogens is 1. The molecule has 2 aromatic rings. The molecule has 0 radical (unpaired) electrons. The van der Waals surface area contributed by atoms with Gasteiger partial charge in [0.05, 0.1) is 3.79 Å². The number of thiophene rings is 1. The standard InChI is InChI=1S/C11H12BrN3OS2.ClH/c12-9-2-1-7(18-9)3-4-14-11(16)8-6-17-10(5-13)15-8;/h1-2,6H,3-5,13H2,(H,14,16);1H. The molecule has 0 aliphatic carbocycles. The zero-order valence-electron chi connectivity index (χ0n) is 9.89. The van der Waals surface area contributed by atoms with E-state index < -0.39 is 0 Å². The number of rotatable bonds is 5. The lowest BCUT2D eigenvalue weighted by Gasteiger charge is -2.01. The highest BCUT2D eigenvalue weighted by Gasteiger charge is 2.09. The summed E-state index contributed by atoms with van der Waals surface area (Å²) in [5.74, 6) is -0.137. The van der Waals surface area contributed by atoms with E-state index in [1.54, 1.807) is 16.7 Å². The third kappa shape index (κ3) is 4.85. The third-order valence-electron chi connectivity index (χ3n) is 2.24.